The molecule has 0 atom stereocenters. The van der Waals surface area contributed by atoms with Gasteiger partial charge in [-0.1, -0.05) is 0 Å². The van der Waals surface area contributed by atoms with E-state index >= 15 is 0 Å². The summed E-state index contributed by atoms with van der Waals surface area (Å²) in [7, 11) is 0. The maximum Gasteiger partial charge on any atom is 0 e. The molecule has 0 aliphatic carbocycles. The zero-order valence-corrected chi connectivity index (χ0v) is 17.8. The van der Waals surface area contributed by atoms with Gasteiger partial charge in [-0.2, -0.15) is 0 Å². The predicted octanol–water partition coefficient (Wildman–Crippen LogP) is -0.0250. The molecule has 10 heavy (non-hydrogen) atoms. The summed E-state index contributed by atoms with van der Waals surface area (Å²) in [4.78, 5) is 0. The van der Waals surface area contributed by atoms with Crippen LogP contribution in [0.1, 0.15) is 0 Å². The zero-order chi connectivity index (χ0) is 0. The van der Waals surface area contributed by atoms with E-state index in [1.807, 2.05) is 0 Å². The molecule has 0 unspecified atom stereocenters. The Balaban J connectivity index is 0. The summed E-state index contributed by atoms with van der Waals surface area (Å²) in [6, 6.07) is 0. The molecule has 0 amide bonds. The largest absolute Gasteiger partial charge is 0 e. The van der Waals surface area contributed by atoms with Crippen molar-refractivity contribution in [1.82, 2.24) is 0 Å². The summed E-state index contributed by atoms with van der Waals surface area (Å²) in [6.45, 7) is 0. The normalized spacial score (nSPS) is 0. The predicted molar refractivity (Wildman–Crippen MR) is 0 cm³/mol. The van der Waals surface area contributed by atoms with Gasteiger partial charge in [0.2, 0.25) is 0 Å². The van der Waals surface area contributed by atoms with Gasteiger partial charge < -0.3 is 0 Å². The molecule has 0 aromatic rings. The topological polar surface area (TPSA) is 0 Å². The molecule has 10 heteroatoms. The fourth-order valence-corrected chi connectivity index (χ4v) is 0. The molecule has 0 aliphatic rings. The third kappa shape index (κ3) is 58.3. The Labute approximate surface area is 218 Å². The van der Waals surface area contributed by atoms with Gasteiger partial charge in [0.15, 0.2) is 0 Å². The molecule has 110 valence electrons. The van der Waals surface area contributed by atoms with Crippen molar-refractivity contribution >= 4 is 0 Å². The molecular formula is Ag10. The minimum Gasteiger partial charge on any atom is 0 e. The van der Waals surface area contributed by atoms with Gasteiger partial charge in [0.1, 0.15) is 0 Å². The van der Waals surface area contributed by atoms with Crippen molar-refractivity contribution in [2.24, 2.45) is 0 Å². The third-order valence-electron chi connectivity index (χ3n) is 0. The van der Waals surface area contributed by atoms with Gasteiger partial charge in [0, 0.05) is 224 Å². The molecule has 0 fully saturated rings. The van der Waals surface area contributed by atoms with Crippen molar-refractivity contribution in [2.45, 2.75) is 0 Å². The fraction of sp³-hybridized carbons (Fsp3) is 0. The summed E-state index contributed by atoms with van der Waals surface area (Å²) < 4.78 is 0. The van der Waals surface area contributed by atoms with Crippen molar-refractivity contribution in [3.63, 3.8) is 0 Å². The van der Waals surface area contributed by atoms with Crippen LogP contribution in [0.3, 0.4) is 0 Å². The fourth-order valence-electron chi connectivity index (χ4n) is 0. The smallest absolute Gasteiger partial charge is 0 e. The summed E-state index contributed by atoms with van der Waals surface area (Å²) in [5.41, 5.74) is 0. The van der Waals surface area contributed by atoms with Gasteiger partial charge in [-0.05, 0) is 0 Å². The molecule has 0 aromatic heterocycles. The van der Waals surface area contributed by atoms with E-state index in [-0.39, 0.29) is 224 Å². The van der Waals surface area contributed by atoms with Crippen molar-refractivity contribution in [3.8, 4) is 0 Å². The van der Waals surface area contributed by atoms with Crippen LogP contribution in [0.25, 0.3) is 0 Å². The minimum atomic E-state index is 0. The maximum atomic E-state index is 0. The summed E-state index contributed by atoms with van der Waals surface area (Å²) in [5.74, 6) is 0. The quantitative estimate of drug-likeness (QED) is 0.300. The van der Waals surface area contributed by atoms with Crippen molar-refractivity contribution < 1.29 is 224 Å². The minimum absolute atomic E-state index is 0. The summed E-state index contributed by atoms with van der Waals surface area (Å²) >= 11 is 0. The van der Waals surface area contributed by atoms with Crippen LogP contribution in [-0.4, -0.2) is 0 Å². The monoisotopic (exact) mass is 1070 g/mol. The maximum absolute atomic E-state index is 0. The van der Waals surface area contributed by atoms with Crippen molar-refractivity contribution in [1.29, 1.82) is 0 Å². The van der Waals surface area contributed by atoms with Gasteiger partial charge in [0.05, 0.1) is 0 Å². The van der Waals surface area contributed by atoms with Crippen molar-refractivity contribution in [2.75, 3.05) is 0 Å². The second-order valence-electron chi connectivity index (χ2n) is 0. The Morgan fingerprint density at radius 2 is 0.100 bits per heavy atom. The Bertz CT molecular complexity index is 0. The van der Waals surface area contributed by atoms with Gasteiger partial charge in [-0.25, -0.2) is 0 Å². The summed E-state index contributed by atoms with van der Waals surface area (Å²) in [5, 5.41) is 0. The average Bonchev–Trinajstić information content (AvgIpc) is 0. The van der Waals surface area contributed by atoms with Crippen LogP contribution >= 0.6 is 0 Å². The molecule has 0 N–H and O–H groups in total. The van der Waals surface area contributed by atoms with Crippen LogP contribution < -0.4 is 0 Å². The average molecular weight is 1080 g/mol. The van der Waals surface area contributed by atoms with Gasteiger partial charge in [-0.3, -0.25) is 0 Å². The van der Waals surface area contributed by atoms with Gasteiger partial charge in [-0.15, -0.1) is 0 Å². The Morgan fingerprint density at radius 1 is 0.100 bits per heavy atom. The molecule has 0 aromatic carbocycles. The molecule has 0 saturated carbocycles. The van der Waals surface area contributed by atoms with Crippen LogP contribution in [0, 0.1) is 0 Å². The first kappa shape index (κ1) is 85.4. The number of rotatable bonds is 0. The molecule has 0 rings (SSSR count). The molecule has 0 spiro atoms. The van der Waals surface area contributed by atoms with E-state index in [1.54, 1.807) is 0 Å². The first-order chi connectivity index (χ1) is 0. The van der Waals surface area contributed by atoms with Gasteiger partial charge >= 0.3 is 0 Å². The molecule has 0 saturated heterocycles. The number of hydrogen-bond donors (Lipinski definition) is 0. The Morgan fingerprint density at radius 3 is 0.100 bits per heavy atom. The van der Waals surface area contributed by atoms with Crippen LogP contribution in [0.5, 0.6) is 0 Å². The summed E-state index contributed by atoms with van der Waals surface area (Å²) in [6.07, 6.45) is 0. The first-order valence-corrected chi connectivity index (χ1v) is 0. The van der Waals surface area contributed by atoms with E-state index in [1.165, 1.54) is 0 Å². The Kier molecular flexibility index (Phi) is 607. The first-order valence-electron chi connectivity index (χ1n) is 0. The molecular weight excluding hydrogens is 1080 g/mol. The number of hydrogen-bond acceptors (Lipinski definition) is 0. The third-order valence-corrected chi connectivity index (χ3v) is 0. The van der Waals surface area contributed by atoms with E-state index in [0.717, 1.165) is 0 Å². The second kappa shape index (κ2) is 71.0. The van der Waals surface area contributed by atoms with Gasteiger partial charge in [0.25, 0.3) is 0 Å². The molecule has 0 aliphatic heterocycles. The standard InChI is InChI=1S/10Ag. The Hall–Kier alpha value is 7.40. The second-order valence-corrected chi connectivity index (χ2v) is 0. The molecule has 0 nitrogen and oxygen atoms in total. The molecule has 0 bridgehead atoms. The van der Waals surface area contributed by atoms with E-state index in [0.29, 0.717) is 0 Å². The molecule has 0 heterocycles. The van der Waals surface area contributed by atoms with Crippen LogP contribution in [0.4, 0.5) is 0 Å². The van der Waals surface area contributed by atoms with E-state index < -0.39 is 0 Å². The SMILES string of the molecule is [Ag].[Ag].[Ag].[Ag].[Ag].[Ag].[Ag].[Ag].[Ag].[Ag]. The van der Waals surface area contributed by atoms with E-state index in [9.17, 15) is 0 Å². The molecule has 10 radical (unpaired) electrons. The van der Waals surface area contributed by atoms with E-state index in [2.05, 4.69) is 0 Å². The van der Waals surface area contributed by atoms with E-state index in [4.69, 9.17) is 0 Å². The van der Waals surface area contributed by atoms with Crippen LogP contribution in [-0.2, 0) is 224 Å². The zero-order valence-electron chi connectivity index (χ0n) is 3.02. The van der Waals surface area contributed by atoms with Crippen molar-refractivity contribution in [3.05, 3.63) is 0 Å². The van der Waals surface area contributed by atoms with Crippen LogP contribution in [0.15, 0.2) is 0 Å². The van der Waals surface area contributed by atoms with Crippen LogP contribution in [0.2, 0.25) is 0 Å².